The van der Waals surface area contributed by atoms with Crippen LogP contribution in [0.15, 0.2) is 12.1 Å². The number of fused-ring (bicyclic) bond motifs is 1. The minimum absolute atomic E-state index is 0.0769. The SMILES string of the molecule is O=C1NCCOc2cc(Cl)cc(F)c21. The first-order valence-electron chi connectivity index (χ1n) is 4.08. The molecule has 74 valence electrons. The van der Waals surface area contributed by atoms with Crippen LogP contribution in [0, 0.1) is 5.82 Å². The van der Waals surface area contributed by atoms with E-state index < -0.39 is 11.7 Å². The number of ether oxygens (including phenoxy) is 1. The number of benzene rings is 1. The summed E-state index contributed by atoms with van der Waals surface area (Å²) in [5.41, 5.74) is -0.0769. The minimum Gasteiger partial charge on any atom is -0.491 e. The van der Waals surface area contributed by atoms with Gasteiger partial charge in [-0.3, -0.25) is 4.79 Å². The van der Waals surface area contributed by atoms with Crippen LogP contribution in [0.25, 0.3) is 0 Å². The van der Waals surface area contributed by atoms with E-state index in [4.69, 9.17) is 16.3 Å². The van der Waals surface area contributed by atoms with Crippen LogP contribution in [0.3, 0.4) is 0 Å². The average Bonchev–Trinajstić information content (AvgIpc) is 2.27. The first-order valence-corrected chi connectivity index (χ1v) is 4.46. The lowest BCUT2D eigenvalue weighted by atomic mass is 10.2. The van der Waals surface area contributed by atoms with E-state index in [9.17, 15) is 9.18 Å². The van der Waals surface area contributed by atoms with Gasteiger partial charge in [-0.15, -0.1) is 0 Å². The van der Waals surface area contributed by atoms with E-state index in [2.05, 4.69) is 5.32 Å². The molecule has 1 aliphatic heterocycles. The zero-order chi connectivity index (χ0) is 10.1. The van der Waals surface area contributed by atoms with Crippen molar-refractivity contribution in [3.05, 3.63) is 28.5 Å². The average molecular weight is 216 g/mol. The second-order valence-corrected chi connectivity index (χ2v) is 3.30. The van der Waals surface area contributed by atoms with Crippen molar-refractivity contribution in [1.82, 2.24) is 5.32 Å². The van der Waals surface area contributed by atoms with E-state index in [0.29, 0.717) is 13.2 Å². The molecular weight excluding hydrogens is 209 g/mol. The van der Waals surface area contributed by atoms with Gasteiger partial charge in [-0.2, -0.15) is 0 Å². The molecular formula is C9H7ClFNO2. The van der Waals surface area contributed by atoms with E-state index in [-0.39, 0.29) is 16.3 Å². The molecule has 0 bridgehead atoms. The fourth-order valence-corrected chi connectivity index (χ4v) is 1.49. The molecule has 1 amide bonds. The van der Waals surface area contributed by atoms with Crippen molar-refractivity contribution in [3.63, 3.8) is 0 Å². The number of amides is 1. The lowest BCUT2D eigenvalue weighted by molar-refractivity contribution is 0.0953. The summed E-state index contributed by atoms with van der Waals surface area (Å²) >= 11 is 5.63. The molecule has 1 aliphatic rings. The third-order valence-corrected chi connectivity index (χ3v) is 2.11. The monoisotopic (exact) mass is 215 g/mol. The molecule has 1 aromatic carbocycles. The van der Waals surface area contributed by atoms with Gasteiger partial charge in [0, 0.05) is 5.02 Å². The highest BCUT2D eigenvalue weighted by molar-refractivity contribution is 6.30. The van der Waals surface area contributed by atoms with Crippen molar-refractivity contribution >= 4 is 17.5 Å². The van der Waals surface area contributed by atoms with Gasteiger partial charge in [0.05, 0.1) is 6.54 Å². The smallest absolute Gasteiger partial charge is 0.258 e. The van der Waals surface area contributed by atoms with E-state index in [1.54, 1.807) is 0 Å². The molecule has 1 heterocycles. The Hall–Kier alpha value is -1.29. The Morgan fingerprint density at radius 3 is 3.07 bits per heavy atom. The van der Waals surface area contributed by atoms with Crippen LogP contribution in [0.4, 0.5) is 4.39 Å². The highest BCUT2D eigenvalue weighted by Gasteiger charge is 2.21. The number of carbonyl (C=O) groups excluding carboxylic acids is 1. The summed E-state index contributed by atoms with van der Waals surface area (Å²) in [5, 5.41) is 2.73. The summed E-state index contributed by atoms with van der Waals surface area (Å²) in [7, 11) is 0. The highest BCUT2D eigenvalue weighted by atomic mass is 35.5. The summed E-state index contributed by atoms with van der Waals surface area (Å²) in [5.74, 6) is -0.927. The molecule has 0 saturated heterocycles. The van der Waals surface area contributed by atoms with Gasteiger partial charge in [0.25, 0.3) is 5.91 Å². The van der Waals surface area contributed by atoms with Crippen LogP contribution in [-0.4, -0.2) is 19.1 Å². The molecule has 1 N–H and O–H groups in total. The Kier molecular flexibility index (Phi) is 2.29. The lowest BCUT2D eigenvalue weighted by Crippen LogP contribution is -2.25. The van der Waals surface area contributed by atoms with Gasteiger partial charge in [-0.1, -0.05) is 11.6 Å². The van der Waals surface area contributed by atoms with E-state index >= 15 is 0 Å². The molecule has 0 saturated carbocycles. The Morgan fingerprint density at radius 1 is 1.50 bits per heavy atom. The molecule has 0 aromatic heterocycles. The molecule has 0 radical (unpaired) electrons. The standard InChI is InChI=1S/C9H7ClFNO2/c10-5-3-6(11)8-7(4-5)14-2-1-12-9(8)13/h3-4H,1-2H2,(H,12,13). The molecule has 0 fully saturated rings. The maximum Gasteiger partial charge on any atom is 0.258 e. The molecule has 5 heteroatoms. The van der Waals surface area contributed by atoms with Gasteiger partial charge < -0.3 is 10.1 Å². The molecule has 1 aromatic rings. The second kappa shape index (κ2) is 3.46. The number of rotatable bonds is 0. The quantitative estimate of drug-likeness (QED) is 0.714. The number of hydrogen-bond acceptors (Lipinski definition) is 2. The fraction of sp³-hybridized carbons (Fsp3) is 0.222. The van der Waals surface area contributed by atoms with Gasteiger partial charge in [0.1, 0.15) is 23.7 Å². The summed E-state index contributed by atoms with van der Waals surface area (Å²) < 4.78 is 18.5. The predicted molar refractivity (Wildman–Crippen MR) is 49.2 cm³/mol. The molecule has 0 spiro atoms. The zero-order valence-electron chi connectivity index (χ0n) is 7.14. The van der Waals surface area contributed by atoms with Gasteiger partial charge in [-0.25, -0.2) is 4.39 Å². The van der Waals surface area contributed by atoms with Crippen LogP contribution in [0.1, 0.15) is 10.4 Å². The van der Waals surface area contributed by atoms with Gasteiger partial charge in [-0.05, 0) is 12.1 Å². The van der Waals surface area contributed by atoms with Gasteiger partial charge in [0.2, 0.25) is 0 Å². The van der Waals surface area contributed by atoms with Gasteiger partial charge >= 0.3 is 0 Å². The number of carbonyl (C=O) groups is 1. The second-order valence-electron chi connectivity index (χ2n) is 2.87. The van der Waals surface area contributed by atoms with E-state index in [1.807, 2.05) is 0 Å². The van der Waals surface area contributed by atoms with Crippen LogP contribution in [0.2, 0.25) is 5.02 Å². The number of hydrogen-bond donors (Lipinski definition) is 1. The summed E-state index contributed by atoms with van der Waals surface area (Å²) in [6.07, 6.45) is 0. The predicted octanol–water partition coefficient (Wildman–Crippen LogP) is 1.60. The third kappa shape index (κ3) is 1.53. The zero-order valence-corrected chi connectivity index (χ0v) is 7.90. The van der Waals surface area contributed by atoms with Crippen molar-refractivity contribution < 1.29 is 13.9 Å². The van der Waals surface area contributed by atoms with Crippen LogP contribution in [0.5, 0.6) is 5.75 Å². The number of halogens is 2. The van der Waals surface area contributed by atoms with Crippen molar-refractivity contribution in [2.45, 2.75) is 0 Å². The highest BCUT2D eigenvalue weighted by Crippen LogP contribution is 2.27. The maximum absolute atomic E-state index is 13.3. The van der Waals surface area contributed by atoms with Crippen LogP contribution >= 0.6 is 11.6 Å². The first-order chi connectivity index (χ1) is 6.68. The Morgan fingerprint density at radius 2 is 2.29 bits per heavy atom. The third-order valence-electron chi connectivity index (χ3n) is 1.89. The molecule has 14 heavy (non-hydrogen) atoms. The van der Waals surface area contributed by atoms with Crippen LogP contribution in [-0.2, 0) is 0 Å². The molecule has 2 rings (SSSR count). The molecule has 3 nitrogen and oxygen atoms in total. The van der Waals surface area contributed by atoms with Crippen molar-refractivity contribution in [2.24, 2.45) is 0 Å². The summed E-state index contributed by atoms with van der Waals surface area (Å²) in [4.78, 5) is 11.4. The molecule has 0 atom stereocenters. The molecule has 0 unspecified atom stereocenters. The topological polar surface area (TPSA) is 38.3 Å². The summed E-state index contributed by atoms with van der Waals surface area (Å²) in [6.45, 7) is 0.684. The Bertz CT molecular complexity index is 395. The Balaban J connectivity index is 2.58. The molecule has 0 aliphatic carbocycles. The van der Waals surface area contributed by atoms with Gasteiger partial charge in [0.15, 0.2) is 0 Å². The summed E-state index contributed by atoms with van der Waals surface area (Å²) in [6, 6.07) is 2.53. The largest absolute Gasteiger partial charge is 0.491 e. The van der Waals surface area contributed by atoms with Crippen molar-refractivity contribution in [3.8, 4) is 5.75 Å². The van der Waals surface area contributed by atoms with Crippen molar-refractivity contribution in [1.29, 1.82) is 0 Å². The maximum atomic E-state index is 13.3. The fourth-order valence-electron chi connectivity index (χ4n) is 1.30. The Labute approximate surface area is 84.8 Å². The van der Waals surface area contributed by atoms with Crippen molar-refractivity contribution in [2.75, 3.05) is 13.2 Å². The van der Waals surface area contributed by atoms with E-state index in [0.717, 1.165) is 6.07 Å². The number of nitrogens with one attached hydrogen (secondary N) is 1. The van der Waals surface area contributed by atoms with Crippen LogP contribution < -0.4 is 10.1 Å². The lowest BCUT2D eigenvalue weighted by Gasteiger charge is -2.06. The van der Waals surface area contributed by atoms with E-state index in [1.165, 1.54) is 6.07 Å². The minimum atomic E-state index is -0.660. The normalized spacial score (nSPS) is 15.1. The first kappa shape index (κ1) is 9.27.